The molecular weight excluding hydrogens is 216 g/mol. The fraction of sp³-hybridized carbons (Fsp3) is 0.923. The maximum absolute atomic E-state index is 10.9. The summed E-state index contributed by atoms with van der Waals surface area (Å²) in [5.41, 5.74) is 0. The predicted molar refractivity (Wildman–Crippen MR) is 72.1 cm³/mol. The number of aldehydes is 1. The van der Waals surface area contributed by atoms with Gasteiger partial charge in [0.25, 0.3) is 0 Å². The Morgan fingerprint density at radius 3 is 1.81 bits per heavy atom. The molecule has 2 atom stereocenters. The minimum absolute atomic E-state index is 0.0193. The van der Waals surface area contributed by atoms with Gasteiger partial charge in [-0.3, -0.25) is 0 Å². The monoisotopic (exact) mass is 244 g/mol. The topological polar surface area (TPSA) is 26.3 Å². The highest BCUT2D eigenvalue weighted by Crippen LogP contribution is 2.38. The number of carbonyl (C=O) groups excluding carboxylic acids is 1. The fourth-order valence-corrected chi connectivity index (χ4v) is 2.97. The van der Waals surface area contributed by atoms with Gasteiger partial charge < -0.3 is 9.22 Å². The fourth-order valence-electron chi connectivity index (χ4n) is 1.44. The molecule has 2 nitrogen and oxygen atoms in total. The Hall–Kier alpha value is -0.153. The molecule has 0 aliphatic carbocycles. The van der Waals surface area contributed by atoms with Crippen molar-refractivity contribution in [3.05, 3.63) is 0 Å². The summed E-state index contributed by atoms with van der Waals surface area (Å²) in [5, 5.41) is 0.197. The second-order valence-corrected chi connectivity index (χ2v) is 11.3. The van der Waals surface area contributed by atoms with Crippen molar-refractivity contribution in [3.8, 4) is 0 Å². The van der Waals surface area contributed by atoms with Crippen molar-refractivity contribution in [1.82, 2.24) is 0 Å². The maximum Gasteiger partial charge on any atom is 0.192 e. The van der Waals surface area contributed by atoms with E-state index in [9.17, 15) is 4.79 Å². The molecule has 0 aromatic carbocycles. The van der Waals surface area contributed by atoms with Gasteiger partial charge in [0, 0.05) is 5.92 Å². The summed E-state index contributed by atoms with van der Waals surface area (Å²) in [4.78, 5) is 10.9. The molecule has 0 fully saturated rings. The second-order valence-electron chi connectivity index (χ2n) is 6.58. The third-order valence-corrected chi connectivity index (χ3v) is 8.10. The molecule has 96 valence electrons. The number of hydrogen-bond donors (Lipinski definition) is 0. The molecule has 2 unspecified atom stereocenters. The van der Waals surface area contributed by atoms with Gasteiger partial charge in [0.15, 0.2) is 8.32 Å². The van der Waals surface area contributed by atoms with Crippen LogP contribution < -0.4 is 0 Å². The van der Waals surface area contributed by atoms with Gasteiger partial charge in [0.1, 0.15) is 6.29 Å². The lowest BCUT2D eigenvalue weighted by Gasteiger charge is -2.41. The average Bonchev–Trinajstić information content (AvgIpc) is 2.10. The van der Waals surface area contributed by atoms with Gasteiger partial charge >= 0.3 is 0 Å². The minimum Gasteiger partial charge on any atom is -0.413 e. The van der Waals surface area contributed by atoms with Crippen LogP contribution >= 0.6 is 0 Å². The lowest BCUT2D eigenvalue weighted by Crippen LogP contribution is -2.47. The summed E-state index contributed by atoms with van der Waals surface area (Å²) in [6.45, 7) is 17.3. The van der Waals surface area contributed by atoms with E-state index in [0.717, 1.165) is 6.29 Å². The number of carbonyl (C=O) groups is 1. The van der Waals surface area contributed by atoms with E-state index < -0.39 is 8.32 Å². The molecule has 0 saturated heterocycles. The first-order chi connectivity index (χ1) is 7.03. The van der Waals surface area contributed by atoms with Crippen LogP contribution in [0.1, 0.15) is 41.5 Å². The molecule has 0 rings (SSSR count). The molecule has 0 aromatic rings. The minimum atomic E-state index is -1.77. The molecule has 0 N–H and O–H groups in total. The van der Waals surface area contributed by atoms with Gasteiger partial charge in [-0.2, -0.15) is 0 Å². The maximum atomic E-state index is 10.9. The summed E-state index contributed by atoms with van der Waals surface area (Å²) in [6, 6.07) is 0. The van der Waals surface area contributed by atoms with E-state index in [-0.39, 0.29) is 17.1 Å². The Balaban J connectivity index is 4.83. The largest absolute Gasteiger partial charge is 0.413 e. The van der Waals surface area contributed by atoms with Crippen LogP contribution in [0.3, 0.4) is 0 Å². The van der Waals surface area contributed by atoms with Crippen LogP contribution in [0.2, 0.25) is 18.1 Å². The Morgan fingerprint density at radius 1 is 1.12 bits per heavy atom. The van der Waals surface area contributed by atoms with E-state index in [2.05, 4.69) is 47.7 Å². The Labute approximate surface area is 102 Å². The van der Waals surface area contributed by atoms with E-state index in [1.54, 1.807) is 0 Å². The summed E-state index contributed by atoms with van der Waals surface area (Å²) < 4.78 is 6.32. The summed E-state index contributed by atoms with van der Waals surface area (Å²) in [7, 11) is -1.77. The molecule has 0 aliphatic rings. The highest BCUT2D eigenvalue weighted by Gasteiger charge is 2.40. The van der Waals surface area contributed by atoms with Crippen molar-refractivity contribution < 1.29 is 9.22 Å². The van der Waals surface area contributed by atoms with E-state index in [1.807, 2.05) is 6.92 Å². The van der Waals surface area contributed by atoms with E-state index in [0.29, 0.717) is 5.92 Å². The quantitative estimate of drug-likeness (QED) is 0.542. The Kier molecular flexibility index (Phi) is 5.40. The van der Waals surface area contributed by atoms with E-state index >= 15 is 0 Å². The third-order valence-electron chi connectivity index (χ3n) is 3.63. The molecule has 0 aliphatic heterocycles. The lowest BCUT2D eigenvalue weighted by molar-refractivity contribution is -0.114. The molecule has 0 aromatic heterocycles. The normalized spacial score (nSPS) is 17.3. The van der Waals surface area contributed by atoms with Gasteiger partial charge in [-0.1, -0.05) is 41.5 Å². The first kappa shape index (κ1) is 15.8. The van der Waals surface area contributed by atoms with Gasteiger partial charge in [-0.05, 0) is 24.1 Å². The molecule has 3 heteroatoms. The van der Waals surface area contributed by atoms with Crippen LogP contribution in [-0.2, 0) is 9.22 Å². The van der Waals surface area contributed by atoms with Crippen LogP contribution in [0.5, 0.6) is 0 Å². The molecule has 16 heavy (non-hydrogen) atoms. The summed E-state index contributed by atoms with van der Waals surface area (Å²) in [6.07, 6.45) is 1.07. The van der Waals surface area contributed by atoms with Crippen molar-refractivity contribution >= 4 is 14.6 Å². The molecule has 0 heterocycles. The standard InChI is InChI=1S/C13H28O2Si/c1-10(2)12(11(3)9-14)15-16(7,8)13(4,5)6/h9-12H,1-8H3. The van der Waals surface area contributed by atoms with Crippen molar-refractivity contribution in [1.29, 1.82) is 0 Å². The summed E-state index contributed by atoms with van der Waals surface area (Å²) >= 11 is 0. The SMILES string of the molecule is CC(C)C(O[Si](C)(C)C(C)(C)C)C(C)C=O. The van der Waals surface area contributed by atoms with Crippen LogP contribution in [0, 0.1) is 11.8 Å². The molecule has 0 bridgehead atoms. The number of hydrogen-bond acceptors (Lipinski definition) is 2. The molecule has 0 radical (unpaired) electrons. The average molecular weight is 244 g/mol. The lowest BCUT2D eigenvalue weighted by atomic mass is 9.96. The Bertz CT molecular complexity index is 229. The highest BCUT2D eigenvalue weighted by atomic mass is 28.4. The van der Waals surface area contributed by atoms with Gasteiger partial charge in [-0.25, -0.2) is 0 Å². The number of rotatable bonds is 5. The first-order valence-electron chi connectivity index (χ1n) is 6.16. The van der Waals surface area contributed by atoms with Gasteiger partial charge in [0.05, 0.1) is 6.10 Å². The van der Waals surface area contributed by atoms with Crippen molar-refractivity contribution in [3.63, 3.8) is 0 Å². The predicted octanol–water partition coefficient (Wildman–Crippen LogP) is 3.87. The zero-order chi connectivity index (χ0) is 13.1. The first-order valence-corrected chi connectivity index (χ1v) is 9.07. The molecule has 0 saturated carbocycles. The van der Waals surface area contributed by atoms with E-state index in [1.165, 1.54) is 0 Å². The van der Waals surface area contributed by atoms with Crippen LogP contribution in [0.15, 0.2) is 0 Å². The van der Waals surface area contributed by atoms with Crippen molar-refractivity contribution in [2.24, 2.45) is 11.8 Å². The third kappa shape index (κ3) is 4.02. The molecule has 0 amide bonds. The van der Waals surface area contributed by atoms with Crippen molar-refractivity contribution in [2.45, 2.75) is 65.8 Å². The molecular formula is C13H28O2Si. The highest BCUT2D eigenvalue weighted by molar-refractivity contribution is 6.74. The Morgan fingerprint density at radius 2 is 1.56 bits per heavy atom. The zero-order valence-electron chi connectivity index (χ0n) is 12.1. The molecule has 0 spiro atoms. The second kappa shape index (κ2) is 5.45. The van der Waals surface area contributed by atoms with Crippen LogP contribution in [0.25, 0.3) is 0 Å². The summed E-state index contributed by atoms with van der Waals surface area (Å²) in [5.74, 6) is 0.364. The van der Waals surface area contributed by atoms with Gasteiger partial charge in [0.2, 0.25) is 0 Å². The smallest absolute Gasteiger partial charge is 0.192 e. The van der Waals surface area contributed by atoms with Gasteiger partial charge in [-0.15, -0.1) is 0 Å². The van der Waals surface area contributed by atoms with Crippen molar-refractivity contribution in [2.75, 3.05) is 0 Å². The van der Waals surface area contributed by atoms with Crippen LogP contribution in [-0.4, -0.2) is 20.7 Å². The van der Waals surface area contributed by atoms with E-state index in [4.69, 9.17) is 4.43 Å². The van der Waals surface area contributed by atoms with Crippen LogP contribution in [0.4, 0.5) is 0 Å². The zero-order valence-corrected chi connectivity index (χ0v) is 13.1.